The van der Waals surface area contributed by atoms with Gasteiger partial charge in [0.25, 0.3) is 0 Å². The maximum atomic E-state index is 9.07. The van der Waals surface area contributed by atoms with Gasteiger partial charge in [-0.1, -0.05) is 111 Å². The Balaban J connectivity index is -0.000000675. The molecular formula is C26H48O2. The van der Waals surface area contributed by atoms with Gasteiger partial charge < -0.3 is 9.84 Å². The van der Waals surface area contributed by atoms with E-state index in [1.165, 1.54) is 5.56 Å². The Kier molecular flexibility index (Phi) is 22.8. The lowest BCUT2D eigenvalue weighted by molar-refractivity contribution is -0.0510. The number of ether oxygens (including phenoxy) is 1. The molecule has 0 fully saturated rings. The summed E-state index contributed by atoms with van der Waals surface area (Å²) in [5.41, 5.74) is 1.46. The highest BCUT2D eigenvalue weighted by Gasteiger charge is 2.24. The molecule has 28 heavy (non-hydrogen) atoms. The highest BCUT2D eigenvalue weighted by Crippen LogP contribution is 2.34. The minimum atomic E-state index is 0.118. The first-order chi connectivity index (χ1) is 13.2. The van der Waals surface area contributed by atoms with Gasteiger partial charge in [0, 0.05) is 6.61 Å². The van der Waals surface area contributed by atoms with E-state index in [1.807, 2.05) is 33.8 Å². The summed E-state index contributed by atoms with van der Waals surface area (Å²) < 4.78 is 6.32. The third kappa shape index (κ3) is 18.0. The van der Waals surface area contributed by atoms with Gasteiger partial charge in [-0.25, -0.2) is 0 Å². The van der Waals surface area contributed by atoms with Crippen LogP contribution in [0.15, 0.2) is 55.6 Å². The van der Waals surface area contributed by atoms with Crippen molar-refractivity contribution in [3.8, 4) is 0 Å². The fourth-order valence-corrected chi connectivity index (χ4v) is 2.30. The van der Waals surface area contributed by atoms with Crippen LogP contribution in [0.1, 0.15) is 86.8 Å². The van der Waals surface area contributed by atoms with E-state index < -0.39 is 0 Å². The third-order valence-corrected chi connectivity index (χ3v) is 3.90. The van der Waals surface area contributed by atoms with Gasteiger partial charge in [-0.3, -0.25) is 0 Å². The largest absolute Gasteiger partial charge is 0.396 e. The summed E-state index contributed by atoms with van der Waals surface area (Å²) in [6, 6.07) is 10.4. The molecule has 3 unspecified atom stereocenters. The molecule has 0 radical (unpaired) electrons. The average molecular weight is 393 g/mol. The quantitative estimate of drug-likeness (QED) is 0.454. The topological polar surface area (TPSA) is 29.5 Å². The number of allylic oxidation sites excluding steroid dienone is 2. The van der Waals surface area contributed by atoms with Gasteiger partial charge >= 0.3 is 0 Å². The third-order valence-electron chi connectivity index (χ3n) is 3.90. The fourth-order valence-electron chi connectivity index (χ4n) is 2.30. The van der Waals surface area contributed by atoms with Crippen LogP contribution < -0.4 is 0 Å². The van der Waals surface area contributed by atoms with E-state index in [0.717, 1.165) is 12.8 Å². The Morgan fingerprint density at radius 3 is 1.79 bits per heavy atom. The van der Waals surface area contributed by atoms with Crippen molar-refractivity contribution >= 4 is 0 Å². The molecule has 0 spiro atoms. The molecule has 1 rings (SSSR count). The van der Waals surface area contributed by atoms with Gasteiger partial charge in [-0.05, 0) is 36.7 Å². The van der Waals surface area contributed by atoms with Gasteiger partial charge in [0.05, 0.1) is 12.2 Å². The highest BCUT2D eigenvalue weighted by atomic mass is 16.5. The van der Waals surface area contributed by atoms with Crippen LogP contribution in [0.25, 0.3) is 0 Å². The number of hydrogen-bond acceptors (Lipinski definition) is 2. The summed E-state index contributed by atoms with van der Waals surface area (Å²) in [5.74, 6) is 0.367. The summed E-state index contributed by atoms with van der Waals surface area (Å²) in [5, 5.41) is 9.07. The molecule has 0 aromatic heterocycles. The lowest BCUT2D eigenvalue weighted by Gasteiger charge is -2.31. The Hall–Kier alpha value is -1.38. The van der Waals surface area contributed by atoms with Gasteiger partial charge in [-0.15, -0.1) is 0 Å². The molecule has 1 N–H and O–H groups in total. The summed E-state index contributed by atoms with van der Waals surface area (Å²) in [6.45, 7) is 25.9. The molecule has 3 atom stereocenters. The van der Waals surface area contributed by atoms with Crippen molar-refractivity contribution in [3.63, 3.8) is 0 Å². The molecule has 0 aliphatic rings. The van der Waals surface area contributed by atoms with Gasteiger partial charge in [-0.2, -0.15) is 0 Å². The summed E-state index contributed by atoms with van der Waals surface area (Å²) in [6.07, 6.45) is 5.33. The van der Waals surface area contributed by atoms with Crippen LogP contribution in [0.3, 0.4) is 0 Å². The maximum Gasteiger partial charge on any atom is 0.0833 e. The van der Waals surface area contributed by atoms with Crippen LogP contribution in [-0.2, 0) is 4.74 Å². The van der Waals surface area contributed by atoms with E-state index in [1.54, 1.807) is 12.2 Å². The first-order valence-electron chi connectivity index (χ1n) is 10.8. The van der Waals surface area contributed by atoms with E-state index in [2.05, 4.69) is 72.0 Å². The standard InChI is InChI=1S/C18H30O2.C4H6.2C2H6/c1-14(11-12-19)15(2)20-17(13-18(3,4)5)16-9-7-6-8-10-16;1-3-4-2;2*1-2/h6-10,14-15,17,19H,11-13H2,1-5H3;3-4H,1-2H2;2*1-2H3. The van der Waals surface area contributed by atoms with Crippen molar-refractivity contribution < 1.29 is 9.84 Å². The van der Waals surface area contributed by atoms with Crippen molar-refractivity contribution in [2.45, 2.75) is 87.4 Å². The number of hydrogen-bond donors (Lipinski definition) is 1. The lowest BCUT2D eigenvalue weighted by atomic mass is 9.86. The van der Waals surface area contributed by atoms with E-state index in [4.69, 9.17) is 9.84 Å². The van der Waals surface area contributed by atoms with Crippen LogP contribution in [0.5, 0.6) is 0 Å². The zero-order chi connectivity index (χ0) is 22.6. The number of benzene rings is 1. The van der Waals surface area contributed by atoms with Gasteiger partial charge in [0.1, 0.15) is 0 Å². The molecule has 0 aliphatic carbocycles. The number of aliphatic hydroxyl groups excluding tert-OH is 1. The van der Waals surface area contributed by atoms with Gasteiger partial charge in [0.2, 0.25) is 0 Å². The van der Waals surface area contributed by atoms with Crippen LogP contribution >= 0.6 is 0 Å². The molecule has 1 aromatic rings. The Labute approximate surface area is 176 Å². The molecule has 0 aliphatic heterocycles. The van der Waals surface area contributed by atoms with Crippen molar-refractivity contribution in [1.82, 2.24) is 0 Å². The van der Waals surface area contributed by atoms with Crippen molar-refractivity contribution in [1.29, 1.82) is 0 Å². The first kappa shape index (κ1) is 31.3. The predicted octanol–water partition coefficient (Wildman–Crippen LogP) is 8.00. The predicted molar refractivity (Wildman–Crippen MR) is 128 cm³/mol. The SMILES string of the molecule is C=CC=C.CC.CC.CC(CCO)C(C)OC(CC(C)(C)C)c1ccccc1. The molecule has 1 aromatic carbocycles. The number of rotatable bonds is 8. The zero-order valence-electron chi connectivity index (χ0n) is 20.2. The molecule has 0 saturated carbocycles. The summed E-state index contributed by atoms with van der Waals surface area (Å²) in [7, 11) is 0. The second-order valence-electron chi connectivity index (χ2n) is 7.47. The van der Waals surface area contributed by atoms with Gasteiger partial charge in [0.15, 0.2) is 0 Å². The van der Waals surface area contributed by atoms with Crippen LogP contribution in [-0.4, -0.2) is 17.8 Å². The normalized spacial score (nSPS) is 13.1. The Bertz CT molecular complexity index is 439. The smallest absolute Gasteiger partial charge is 0.0833 e. The summed E-state index contributed by atoms with van der Waals surface area (Å²) >= 11 is 0. The first-order valence-corrected chi connectivity index (χ1v) is 10.8. The monoisotopic (exact) mass is 392 g/mol. The van der Waals surface area contributed by atoms with E-state index in [0.29, 0.717) is 5.92 Å². The molecule has 2 heteroatoms. The second kappa shape index (κ2) is 20.4. The van der Waals surface area contributed by atoms with Crippen molar-refractivity contribution in [2.75, 3.05) is 6.61 Å². The zero-order valence-corrected chi connectivity index (χ0v) is 20.2. The van der Waals surface area contributed by atoms with Crippen molar-refractivity contribution in [3.05, 3.63) is 61.2 Å². The minimum absolute atomic E-state index is 0.118. The molecule has 0 saturated heterocycles. The minimum Gasteiger partial charge on any atom is -0.396 e. The van der Waals surface area contributed by atoms with E-state index in [-0.39, 0.29) is 24.2 Å². The number of aliphatic hydroxyl groups is 1. The fraction of sp³-hybridized carbons (Fsp3) is 0.615. The Morgan fingerprint density at radius 2 is 1.43 bits per heavy atom. The highest BCUT2D eigenvalue weighted by molar-refractivity contribution is 5.18. The molecule has 2 nitrogen and oxygen atoms in total. The molecule has 0 amide bonds. The van der Waals surface area contributed by atoms with Crippen LogP contribution in [0.2, 0.25) is 0 Å². The Morgan fingerprint density at radius 1 is 0.964 bits per heavy atom. The van der Waals surface area contributed by atoms with Crippen molar-refractivity contribution in [2.24, 2.45) is 11.3 Å². The molecule has 164 valence electrons. The lowest BCUT2D eigenvalue weighted by Crippen LogP contribution is -2.24. The van der Waals surface area contributed by atoms with E-state index in [9.17, 15) is 0 Å². The van der Waals surface area contributed by atoms with Crippen LogP contribution in [0, 0.1) is 11.3 Å². The second-order valence-corrected chi connectivity index (χ2v) is 7.47. The molecule has 0 bridgehead atoms. The average Bonchev–Trinajstić information content (AvgIpc) is 2.70. The van der Waals surface area contributed by atoms with Crippen LogP contribution in [0.4, 0.5) is 0 Å². The molecular weight excluding hydrogens is 344 g/mol. The molecule has 0 heterocycles. The van der Waals surface area contributed by atoms with E-state index >= 15 is 0 Å². The summed E-state index contributed by atoms with van der Waals surface area (Å²) in [4.78, 5) is 0. The maximum absolute atomic E-state index is 9.07.